The Bertz CT molecular complexity index is 870. The van der Waals surface area contributed by atoms with Crippen LogP contribution in [0.3, 0.4) is 0 Å². The molecule has 0 radical (unpaired) electrons. The summed E-state index contributed by atoms with van der Waals surface area (Å²) in [4.78, 5) is 24.4. The lowest BCUT2D eigenvalue weighted by Crippen LogP contribution is -2.76. The number of quaternary nitrogens is 1. The van der Waals surface area contributed by atoms with Gasteiger partial charge in [-0.1, -0.05) is 59.4 Å². The maximum absolute atomic E-state index is 11.8. The SMILES string of the molecule is CCCC[N+](CCCC)(CCCC)CCCC.COC1(NC(=O)Cc2cccs2)CN(S(=O)(=O)O)C1=O. The van der Waals surface area contributed by atoms with E-state index in [-0.39, 0.29) is 10.7 Å². The molecule has 9 nitrogen and oxygen atoms in total. The van der Waals surface area contributed by atoms with E-state index >= 15 is 0 Å². The number of hydrogen-bond donors (Lipinski definition) is 2. The molecular weight excluding hydrogens is 514 g/mol. The molecule has 214 valence electrons. The molecule has 1 fully saturated rings. The van der Waals surface area contributed by atoms with Crippen molar-refractivity contribution in [3.63, 3.8) is 0 Å². The highest BCUT2D eigenvalue weighted by atomic mass is 32.2. The van der Waals surface area contributed by atoms with Gasteiger partial charge in [0.1, 0.15) is 0 Å². The molecule has 11 heteroatoms. The fourth-order valence-corrected chi connectivity index (χ4v) is 5.83. The number of amides is 2. The maximum atomic E-state index is 11.8. The van der Waals surface area contributed by atoms with E-state index in [0.717, 1.165) is 4.88 Å². The number of nitrogens with one attached hydrogen (secondary N) is 1. The first-order chi connectivity index (χ1) is 17.5. The predicted molar refractivity (Wildman–Crippen MR) is 149 cm³/mol. The van der Waals surface area contributed by atoms with Gasteiger partial charge in [0.2, 0.25) is 11.6 Å². The number of hydrogen-bond acceptors (Lipinski definition) is 6. The molecule has 0 saturated carbocycles. The van der Waals surface area contributed by atoms with E-state index in [1.807, 2.05) is 5.38 Å². The number of rotatable bonds is 17. The van der Waals surface area contributed by atoms with Crippen molar-refractivity contribution in [2.75, 3.05) is 39.8 Å². The highest BCUT2D eigenvalue weighted by molar-refractivity contribution is 7.84. The van der Waals surface area contributed by atoms with E-state index in [1.165, 1.54) is 100 Å². The molecule has 1 aromatic heterocycles. The summed E-state index contributed by atoms with van der Waals surface area (Å²) in [6, 6.07) is 3.55. The summed E-state index contributed by atoms with van der Waals surface area (Å²) in [5.41, 5.74) is -1.73. The largest absolute Gasteiger partial charge is 0.362 e. The minimum absolute atomic E-state index is 0.0575. The number of ether oxygens (including phenoxy) is 1. The fourth-order valence-electron chi connectivity index (χ4n) is 4.42. The molecule has 2 heterocycles. The Hall–Kier alpha value is -1.53. The van der Waals surface area contributed by atoms with Crippen LogP contribution in [0.2, 0.25) is 0 Å². The van der Waals surface area contributed by atoms with Crippen LogP contribution in [0.1, 0.15) is 83.9 Å². The molecule has 0 aliphatic carbocycles. The number of carbonyl (C=O) groups is 2. The second kappa shape index (κ2) is 16.4. The van der Waals surface area contributed by atoms with Crippen LogP contribution in [0, 0.1) is 0 Å². The summed E-state index contributed by atoms with van der Waals surface area (Å²) in [6.45, 7) is 14.6. The molecule has 1 aliphatic rings. The van der Waals surface area contributed by atoms with Crippen LogP contribution >= 0.6 is 11.3 Å². The van der Waals surface area contributed by atoms with Crippen LogP contribution in [0.15, 0.2) is 17.5 Å². The number of carbonyl (C=O) groups excluding carboxylic acids is 2. The molecule has 1 atom stereocenters. The summed E-state index contributed by atoms with van der Waals surface area (Å²) in [6.07, 6.45) is 11.1. The van der Waals surface area contributed by atoms with Crippen molar-refractivity contribution in [3.05, 3.63) is 22.4 Å². The number of nitrogens with zero attached hydrogens (tertiary/aromatic N) is 2. The summed E-state index contributed by atoms with van der Waals surface area (Å²) in [5, 5.41) is 4.16. The Morgan fingerprint density at radius 3 is 1.86 bits per heavy atom. The van der Waals surface area contributed by atoms with Crippen molar-refractivity contribution in [3.8, 4) is 0 Å². The highest BCUT2D eigenvalue weighted by Gasteiger charge is 2.58. The molecule has 2 N–H and O–H groups in total. The van der Waals surface area contributed by atoms with Crippen LogP contribution in [0.4, 0.5) is 0 Å². The molecule has 1 saturated heterocycles. The van der Waals surface area contributed by atoms with Gasteiger partial charge < -0.3 is 14.5 Å². The third-order valence-electron chi connectivity index (χ3n) is 6.77. The quantitative estimate of drug-likeness (QED) is 0.126. The van der Waals surface area contributed by atoms with Crippen molar-refractivity contribution in [1.82, 2.24) is 9.62 Å². The average molecular weight is 563 g/mol. The molecule has 1 unspecified atom stereocenters. The molecule has 2 amide bonds. The number of methoxy groups -OCH3 is 1. The second-order valence-electron chi connectivity index (χ2n) is 9.78. The van der Waals surface area contributed by atoms with Gasteiger partial charge in [0, 0.05) is 12.0 Å². The van der Waals surface area contributed by atoms with Crippen LogP contribution in [-0.4, -0.2) is 79.1 Å². The minimum Gasteiger partial charge on any atom is -0.349 e. The minimum atomic E-state index is -4.63. The van der Waals surface area contributed by atoms with E-state index in [9.17, 15) is 18.0 Å². The molecular formula is C26H48N3O6S2+. The Morgan fingerprint density at radius 1 is 1.05 bits per heavy atom. The maximum Gasteiger partial charge on any atom is 0.362 e. The Labute approximate surface area is 228 Å². The highest BCUT2D eigenvalue weighted by Crippen LogP contribution is 2.26. The van der Waals surface area contributed by atoms with Gasteiger partial charge in [-0.05, 0) is 37.1 Å². The summed E-state index contributed by atoms with van der Waals surface area (Å²) in [7, 11) is -3.46. The first kappa shape index (κ1) is 33.5. The smallest absolute Gasteiger partial charge is 0.349 e. The summed E-state index contributed by atoms with van der Waals surface area (Å²) >= 11 is 1.38. The average Bonchev–Trinajstić information content (AvgIpc) is 3.37. The zero-order chi connectivity index (χ0) is 28.0. The third-order valence-corrected chi connectivity index (χ3v) is 8.49. The van der Waals surface area contributed by atoms with Crippen molar-refractivity contribution in [2.45, 2.75) is 91.2 Å². The van der Waals surface area contributed by atoms with Crippen molar-refractivity contribution < 1.29 is 31.8 Å². The first-order valence-electron chi connectivity index (χ1n) is 13.6. The lowest BCUT2D eigenvalue weighted by Gasteiger charge is -2.44. The summed E-state index contributed by atoms with van der Waals surface area (Å²) in [5.74, 6) is -1.50. The van der Waals surface area contributed by atoms with Gasteiger partial charge in [0.05, 0.1) is 39.1 Å². The fraction of sp³-hybridized carbons (Fsp3) is 0.769. The predicted octanol–water partition coefficient (Wildman–Crippen LogP) is 4.40. The monoisotopic (exact) mass is 562 g/mol. The van der Waals surface area contributed by atoms with Gasteiger partial charge >= 0.3 is 10.3 Å². The zero-order valence-corrected chi connectivity index (χ0v) is 25.0. The van der Waals surface area contributed by atoms with Crippen molar-refractivity contribution in [2.24, 2.45) is 0 Å². The lowest BCUT2D eigenvalue weighted by molar-refractivity contribution is -0.929. The molecule has 2 rings (SSSR count). The molecule has 1 aliphatic heterocycles. The van der Waals surface area contributed by atoms with Gasteiger partial charge in [-0.25, -0.2) is 4.31 Å². The second-order valence-corrected chi connectivity index (χ2v) is 12.1. The van der Waals surface area contributed by atoms with Crippen LogP contribution < -0.4 is 5.32 Å². The van der Waals surface area contributed by atoms with E-state index in [2.05, 4.69) is 33.0 Å². The van der Waals surface area contributed by atoms with Crippen LogP contribution in [-0.2, 0) is 31.1 Å². The van der Waals surface area contributed by atoms with E-state index in [4.69, 9.17) is 9.29 Å². The third kappa shape index (κ3) is 10.6. The molecule has 0 bridgehead atoms. The van der Waals surface area contributed by atoms with Crippen LogP contribution in [0.5, 0.6) is 0 Å². The molecule has 0 aromatic carbocycles. The molecule has 37 heavy (non-hydrogen) atoms. The van der Waals surface area contributed by atoms with Crippen molar-refractivity contribution >= 4 is 33.5 Å². The van der Waals surface area contributed by atoms with Gasteiger partial charge in [0.25, 0.3) is 5.91 Å². The van der Waals surface area contributed by atoms with Gasteiger partial charge in [-0.2, -0.15) is 8.42 Å². The van der Waals surface area contributed by atoms with Gasteiger partial charge in [-0.3, -0.25) is 14.1 Å². The lowest BCUT2D eigenvalue weighted by atomic mass is 10.1. The Balaban J connectivity index is 0.000000377. The Kier molecular flexibility index (Phi) is 14.9. The normalized spacial score (nSPS) is 17.7. The van der Waals surface area contributed by atoms with E-state index < -0.39 is 34.4 Å². The topological polar surface area (TPSA) is 113 Å². The summed E-state index contributed by atoms with van der Waals surface area (Å²) < 4.78 is 37.1. The number of β-lactam (4-membered cyclic amide) rings is 1. The standard InChI is InChI=1S/C16H36N.C10H12N2O6S2/c1-5-9-13-17(14-10-6-2,15-11-7-3)16-12-8-4;1-18-10(6-12(9(10)14)20(15,16)17)11-8(13)5-7-3-2-4-19-7/h5-16H2,1-4H3;2-4H,5-6H2,1H3,(H,11,13)(H,15,16,17)/q+1;. The van der Waals surface area contributed by atoms with Gasteiger partial charge in [0.15, 0.2) is 0 Å². The number of unbranched alkanes of at least 4 members (excludes halogenated alkanes) is 4. The van der Waals surface area contributed by atoms with Gasteiger partial charge in [-0.15, -0.1) is 11.3 Å². The number of thiophene rings is 1. The molecule has 1 aromatic rings. The first-order valence-corrected chi connectivity index (χ1v) is 15.8. The molecule has 0 spiro atoms. The van der Waals surface area contributed by atoms with Crippen molar-refractivity contribution in [1.29, 1.82) is 0 Å². The zero-order valence-electron chi connectivity index (χ0n) is 23.3. The van der Waals surface area contributed by atoms with E-state index in [0.29, 0.717) is 0 Å². The van der Waals surface area contributed by atoms with E-state index in [1.54, 1.807) is 12.1 Å². The Morgan fingerprint density at radius 2 is 1.54 bits per heavy atom. The van der Waals surface area contributed by atoms with Crippen LogP contribution in [0.25, 0.3) is 0 Å².